The number of carbonyl (C=O) groups is 1. The summed E-state index contributed by atoms with van der Waals surface area (Å²) in [5.74, 6) is 0.264. The molecule has 0 spiro atoms. The molecule has 5 rings (SSSR count). The number of non-ortho nitro benzene ring substituents is 1. The Balaban J connectivity index is 1.66. The number of Topliss-reactive ketones (excluding diaryl/α,β-unsaturated/α-hetero) is 1. The molecule has 3 aromatic carbocycles. The zero-order valence-electron chi connectivity index (χ0n) is 23.7. The first kappa shape index (κ1) is 27.7. The van der Waals surface area contributed by atoms with E-state index >= 15 is 0 Å². The molecule has 0 saturated carbocycles. The molecule has 1 atom stereocenters. The van der Waals surface area contributed by atoms with E-state index < -0.39 is 10.8 Å². The van der Waals surface area contributed by atoms with Crippen LogP contribution in [-0.2, 0) is 11.4 Å². The lowest BCUT2D eigenvalue weighted by atomic mass is 9.73. The van der Waals surface area contributed by atoms with Gasteiger partial charge in [-0.05, 0) is 74.9 Å². The Morgan fingerprint density at radius 2 is 1.78 bits per heavy atom. The molecule has 8 heteroatoms. The fraction of sp³-hybridized carbons (Fsp3) is 0.273. The molecule has 41 heavy (non-hydrogen) atoms. The Kier molecular flexibility index (Phi) is 7.38. The van der Waals surface area contributed by atoms with Gasteiger partial charge in [-0.3, -0.25) is 19.8 Å². The monoisotopic (exact) mass is 548 g/mol. The Labute approximate surface area is 239 Å². The number of aryl methyl sites for hydroxylation is 3. The molecule has 1 unspecified atom stereocenters. The quantitative estimate of drug-likeness (QED) is 0.268. The third-order valence-electron chi connectivity index (χ3n) is 7.98. The second-order valence-corrected chi connectivity index (χ2v) is 10.8. The molecule has 0 fully saturated rings. The van der Waals surface area contributed by atoms with E-state index in [-0.39, 0.29) is 22.9 Å². The third kappa shape index (κ3) is 5.07. The first-order chi connectivity index (χ1) is 19.6. The number of nitrogens with two attached hydrogens (primary N) is 1. The Morgan fingerprint density at radius 3 is 2.46 bits per heavy atom. The maximum Gasteiger partial charge on any atom is 0.271 e. The van der Waals surface area contributed by atoms with Crippen molar-refractivity contribution in [2.75, 3.05) is 4.90 Å². The lowest BCUT2D eigenvalue weighted by Gasteiger charge is -2.40. The summed E-state index contributed by atoms with van der Waals surface area (Å²) in [5, 5.41) is 22.1. The zero-order chi connectivity index (χ0) is 29.4. The van der Waals surface area contributed by atoms with Gasteiger partial charge in [0.1, 0.15) is 18.2 Å². The van der Waals surface area contributed by atoms with Gasteiger partial charge in [0, 0.05) is 29.8 Å². The summed E-state index contributed by atoms with van der Waals surface area (Å²) in [7, 11) is 0. The molecular formula is C33H32N4O4. The fourth-order valence-electron chi connectivity index (χ4n) is 5.83. The number of rotatable bonds is 6. The second-order valence-electron chi connectivity index (χ2n) is 10.8. The van der Waals surface area contributed by atoms with Gasteiger partial charge in [0.2, 0.25) is 0 Å². The van der Waals surface area contributed by atoms with E-state index in [4.69, 9.17) is 10.5 Å². The maximum absolute atomic E-state index is 13.6. The number of hydrogen-bond acceptors (Lipinski definition) is 7. The lowest BCUT2D eigenvalue weighted by molar-refractivity contribution is -0.384. The SMILES string of the molecule is Cc1ccc(OCc2cc(C)cc(C3C(C#N)=C(N)N(c4cc([N+](=O)[O-])ccc4C)C4=C3C(=O)CCC4)c2C)cc1. The molecule has 2 aliphatic rings. The Hall–Kier alpha value is -4.90. The van der Waals surface area contributed by atoms with Crippen molar-refractivity contribution < 1.29 is 14.5 Å². The van der Waals surface area contributed by atoms with Gasteiger partial charge >= 0.3 is 0 Å². The van der Waals surface area contributed by atoms with Crippen LogP contribution in [0.25, 0.3) is 0 Å². The molecule has 0 radical (unpaired) electrons. The topological polar surface area (TPSA) is 122 Å². The van der Waals surface area contributed by atoms with Crippen molar-refractivity contribution in [1.82, 2.24) is 0 Å². The highest BCUT2D eigenvalue weighted by atomic mass is 16.6. The zero-order valence-corrected chi connectivity index (χ0v) is 23.7. The van der Waals surface area contributed by atoms with E-state index in [1.807, 2.05) is 58.0 Å². The van der Waals surface area contributed by atoms with Crippen LogP contribution in [0, 0.1) is 49.1 Å². The van der Waals surface area contributed by atoms with Gasteiger partial charge in [0.05, 0.1) is 28.2 Å². The van der Waals surface area contributed by atoms with Crippen molar-refractivity contribution in [3.05, 3.63) is 121 Å². The molecule has 3 aromatic rings. The smallest absolute Gasteiger partial charge is 0.271 e. The maximum atomic E-state index is 13.6. The van der Waals surface area contributed by atoms with Crippen LogP contribution in [0.5, 0.6) is 5.75 Å². The normalized spacial score (nSPS) is 16.9. The van der Waals surface area contributed by atoms with Crippen molar-refractivity contribution >= 4 is 17.2 Å². The molecule has 0 aromatic heterocycles. The second kappa shape index (κ2) is 10.9. The van der Waals surface area contributed by atoms with E-state index in [1.54, 1.807) is 11.0 Å². The highest BCUT2D eigenvalue weighted by Crippen LogP contribution is 2.48. The highest BCUT2D eigenvalue weighted by molar-refractivity contribution is 6.01. The number of nitro groups is 1. The van der Waals surface area contributed by atoms with Crippen LogP contribution >= 0.6 is 0 Å². The number of benzene rings is 3. The van der Waals surface area contributed by atoms with Crippen LogP contribution in [0.1, 0.15) is 58.6 Å². The molecule has 1 heterocycles. The van der Waals surface area contributed by atoms with Gasteiger partial charge < -0.3 is 10.5 Å². The van der Waals surface area contributed by atoms with Gasteiger partial charge in [-0.1, -0.05) is 41.5 Å². The number of nitro benzene ring substituents is 1. The standard InChI is InChI=1S/C33H32N4O4/c1-19-8-12-25(13-9-19)41-18-23-14-20(2)15-26(22(23)4)31-27(17-34)33(35)36(28-6-5-7-30(38)32(28)31)29-16-24(37(39)40)11-10-21(29)3/h8-16,31H,5-7,18,35H2,1-4H3. The molecule has 8 nitrogen and oxygen atoms in total. The first-order valence-electron chi connectivity index (χ1n) is 13.6. The molecular weight excluding hydrogens is 516 g/mol. The van der Waals surface area contributed by atoms with Gasteiger partial charge in [-0.15, -0.1) is 0 Å². The first-order valence-corrected chi connectivity index (χ1v) is 13.6. The van der Waals surface area contributed by atoms with Crippen LogP contribution in [0.15, 0.2) is 77.3 Å². The molecule has 0 amide bonds. The number of allylic oxidation sites excluding steroid dienone is 3. The number of carbonyl (C=O) groups excluding carboxylic acids is 1. The molecule has 0 saturated heterocycles. The van der Waals surface area contributed by atoms with Crippen molar-refractivity contribution in [3.63, 3.8) is 0 Å². The molecule has 0 bridgehead atoms. The summed E-state index contributed by atoms with van der Waals surface area (Å²) < 4.78 is 6.10. The van der Waals surface area contributed by atoms with E-state index in [9.17, 15) is 20.2 Å². The van der Waals surface area contributed by atoms with Crippen LogP contribution in [0.4, 0.5) is 11.4 Å². The lowest BCUT2D eigenvalue weighted by Crippen LogP contribution is -2.39. The van der Waals surface area contributed by atoms with Crippen molar-refractivity contribution in [2.24, 2.45) is 5.73 Å². The van der Waals surface area contributed by atoms with Crippen LogP contribution in [0.2, 0.25) is 0 Å². The van der Waals surface area contributed by atoms with Crippen LogP contribution in [-0.4, -0.2) is 10.7 Å². The van der Waals surface area contributed by atoms with E-state index in [0.29, 0.717) is 42.8 Å². The number of nitrogens with zero attached hydrogens (tertiary/aromatic N) is 3. The number of ketones is 1. The third-order valence-corrected chi connectivity index (χ3v) is 7.98. The summed E-state index contributed by atoms with van der Waals surface area (Å²) >= 11 is 0. The van der Waals surface area contributed by atoms with Gasteiger partial charge in [-0.25, -0.2) is 0 Å². The molecule has 1 aliphatic heterocycles. The van der Waals surface area contributed by atoms with Crippen LogP contribution in [0.3, 0.4) is 0 Å². The van der Waals surface area contributed by atoms with Gasteiger partial charge in [0.25, 0.3) is 5.69 Å². The predicted octanol–water partition coefficient (Wildman–Crippen LogP) is 6.71. The van der Waals surface area contributed by atoms with E-state index in [0.717, 1.165) is 39.1 Å². The van der Waals surface area contributed by atoms with E-state index in [2.05, 4.69) is 12.1 Å². The molecule has 1 aliphatic carbocycles. The largest absolute Gasteiger partial charge is 0.489 e. The Morgan fingerprint density at radius 1 is 1.05 bits per heavy atom. The highest BCUT2D eigenvalue weighted by Gasteiger charge is 2.41. The van der Waals surface area contributed by atoms with Crippen LogP contribution < -0.4 is 15.4 Å². The minimum atomic E-state index is -0.643. The van der Waals surface area contributed by atoms with Crippen molar-refractivity contribution in [1.29, 1.82) is 5.26 Å². The molecule has 2 N–H and O–H groups in total. The Bertz CT molecular complexity index is 1680. The summed E-state index contributed by atoms with van der Waals surface area (Å²) in [6.07, 6.45) is 1.56. The minimum Gasteiger partial charge on any atom is -0.489 e. The van der Waals surface area contributed by atoms with E-state index in [1.165, 1.54) is 12.1 Å². The predicted molar refractivity (Wildman–Crippen MR) is 157 cm³/mol. The number of nitriles is 1. The van der Waals surface area contributed by atoms with Crippen molar-refractivity contribution in [3.8, 4) is 11.8 Å². The number of hydrogen-bond donors (Lipinski definition) is 1. The summed E-state index contributed by atoms with van der Waals surface area (Å²) in [4.78, 5) is 26.5. The average molecular weight is 549 g/mol. The summed E-state index contributed by atoms with van der Waals surface area (Å²) in [6.45, 7) is 8.15. The van der Waals surface area contributed by atoms with Crippen molar-refractivity contribution in [2.45, 2.75) is 59.5 Å². The number of ether oxygens (including phenoxy) is 1. The number of anilines is 1. The summed E-state index contributed by atoms with van der Waals surface area (Å²) in [5.41, 5.74) is 14.3. The van der Waals surface area contributed by atoms with Gasteiger partial charge in [0.15, 0.2) is 5.78 Å². The average Bonchev–Trinajstić information content (AvgIpc) is 2.94. The molecule has 208 valence electrons. The fourth-order valence-corrected chi connectivity index (χ4v) is 5.83. The minimum absolute atomic E-state index is 0.0389. The summed E-state index contributed by atoms with van der Waals surface area (Å²) in [6, 6.07) is 18.8. The van der Waals surface area contributed by atoms with Gasteiger partial charge in [-0.2, -0.15) is 5.26 Å².